The van der Waals surface area contributed by atoms with Crippen molar-refractivity contribution in [3.63, 3.8) is 0 Å². The average molecular weight is 318 g/mol. The maximum Gasteiger partial charge on any atom is 0.225 e. The van der Waals surface area contributed by atoms with Crippen molar-refractivity contribution in [1.82, 2.24) is 15.0 Å². The van der Waals surface area contributed by atoms with Gasteiger partial charge >= 0.3 is 0 Å². The molecule has 106 valence electrons. The zero-order valence-electron chi connectivity index (χ0n) is 11.3. The van der Waals surface area contributed by atoms with Gasteiger partial charge in [0.1, 0.15) is 5.69 Å². The Hall–Kier alpha value is -1.98. The van der Waals surface area contributed by atoms with E-state index in [-0.39, 0.29) is 5.28 Å². The Morgan fingerprint density at radius 1 is 1.14 bits per heavy atom. The Balaban J connectivity index is 2.00. The lowest BCUT2D eigenvalue weighted by atomic mass is 10.2. The van der Waals surface area contributed by atoms with Gasteiger partial charge in [-0.05, 0) is 18.0 Å². The molecule has 0 aliphatic carbocycles. The smallest absolute Gasteiger partial charge is 0.225 e. The highest BCUT2D eigenvalue weighted by molar-refractivity contribution is 7.14. The summed E-state index contributed by atoms with van der Waals surface area (Å²) in [4.78, 5) is 12.5. The molecule has 1 aromatic carbocycles. The summed E-state index contributed by atoms with van der Waals surface area (Å²) in [5.41, 5.74) is 1.84. The van der Waals surface area contributed by atoms with Crippen LogP contribution in [0.2, 0.25) is 5.28 Å². The summed E-state index contributed by atoms with van der Waals surface area (Å²) in [5.74, 6) is 0.415. The molecule has 3 aromatic rings. The first-order chi connectivity index (χ1) is 10.3. The molecule has 3 rings (SSSR count). The SMILES string of the molecule is CCc1nc(-c2ccccc2)c(Oc2ccnc(Cl)n2)s1. The van der Waals surface area contributed by atoms with E-state index in [4.69, 9.17) is 16.3 Å². The zero-order valence-corrected chi connectivity index (χ0v) is 12.9. The predicted molar refractivity (Wildman–Crippen MR) is 84.0 cm³/mol. The third-order valence-corrected chi connectivity index (χ3v) is 4.05. The van der Waals surface area contributed by atoms with Crippen LogP contribution in [-0.4, -0.2) is 15.0 Å². The van der Waals surface area contributed by atoms with Crippen LogP contribution >= 0.6 is 22.9 Å². The topological polar surface area (TPSA) is 47.9 Å². The summed E-state index contributed by atoms with van der Waals surface area (Å²) in [6.07, 6.45) is 2.42. The van der Waals surface area contributed by atoms with Crippen LogP contribution in [0, 0.1) is 0 Å². The third-order valence-electron chi connectivity index (χ3n) is 2.79. The van der Waals surface area contributed by atoms with Gasteiger partial charge in [0.15, 0.2) is 0 Å². The molecular formula is C15H12ClN3OS. The van der Waals surface area contributed by atoms with Crippen molar-refractivity contribution in [2.75, 3.05) is 0 Å². The molecule has 0 saturated heterocycles. The molecule has 4 nitrogen and oxygen atoms in total. The zero-order chi connectivity index (χ0) is 14.7. The first kappa shape index (κ1) is 14.0. The molecule has 0 unspecified atom stereocenters. The van der Waals surface area contributed by atoms with E-state index in [1.165, 1.54) is 11.3 Å². The number of hydrogen-bond donors (Lipinski definition) is 0. The molecule has 21 heavy (non-hydrogen) atoms. The minimum Gasteiger partial charge on any atom is -0.426 e. The van der Waals surface area contributed by atoms with Crippen LogP contribution in [-0.2, 0) is 6.42 Å². The molecule has 0 N–H and O–H groups in total. The van der Waals surface area contributed by atoms with E-state index in [0.29, 0.717) is 10.9 Å². The quantitative estimate of drug-likeness (QED) is 0.659. The Kier molecular flexibility index (Phi) is 4.13. The number of aryl methyl sites for hydroxylation is 1. The van der Waals surface area contributed by atoms with E-state index >= 15 is 0 Å². The molecule has 2 heterocycles. The van der Waals surface area contributed by atoms with E-state index < -0.39 is 0 Å². The summed E-state index contributed by atoms with van der Waals surface area (Å²) in [7, 11) is 0. The van der Waals surface area contributed by atoms with Crippen molar-refractivity contribution in [2.24, 2.45) is 0 Å². The van der Waals surface area contributed by atoms with E-state index in [1.54, 1.807) is 12.3 Å². The number of nitrogens with zero attached hydrogens (tertiary/aromatic N) is 3. The lowest BCUT2D eigenvalue weighted by molar-refractivity contribution is 0.475. The Morgan fingerprint density at radius 3 is 2.67 bits per heavy atom. The average Bonchev–Trinajstić information content (AvgIpc) is 2.91. The fraction of sp³-hybridized carbons (Fsp3) is 0.133. The van der Waals surface area contributed by atoms with Gasteiger partial charge in [-0.2, -0.15) is 4.98 Å². The van der Waals surface area contributed by atoms with E-state index in [0.717, 1.165) is 22.7 Å². The normalized spacial score (nSPS) is 10.6. The Morgan fingerprint density at radius 2 is 1.95 bits per heavy atom. The van der Waals surface area contributed by atoms with Gasteiger partial charge in [0.2, 0.25) is 16.2 Å². The molecule has 0 bridgehead atoms. The Bertz CT molecular complexity index is 746. The molecule has 6 heteroatoms. The number of halogens is 1. The maximum absolute atomic E-state index is 5.85. The third kappa shape index (κ3) is 3.20. The van der Waals surface area contributed by atoms with Gasteiger partial charge in [0.25, 0.3) is 0 Å². The number of thiazole rings is 1. The fourth-order valence-electron chi connectivity index (χ4n) is 1.82. The summed E-state index contributed by atoms with van der Waals surface area (Å²) < 4.78 is 5.85. The molecule has 0 saturated carbocycles. The van der Waals surface area contributed by atoms with Gasteiger partial charge in [-0.3, -0.25) is 0 Å². The number of hydrogen-bond acceptors (Lipinski definition) is 5. The second-order valence-electron chi connectivity index (χ2n) is 4.23. The summed E-state index contributed by atoms with van der Waals surface area (Å²) in [5, 5.41) is 1.89. The first-order valence-electron chi connectivity index (χ1n) is 6.48. The van der Waals surface area contributed by atoms with Crippen LogP contribution in [0.15, 0.2) is 42.6 Å². The molecule has 0 fully saturated rings. The summed E-state index contributed by atoms with van der Waals surface area (Å²) >= 11 is 7.30. The van der Waals surface area contributed by atoms with Crippen molar-refractivity contribution < 1.29 is 4.74 Å². The largest absolute Gasteiger partial charge is 0.426 e. The van der Waals surface area contributed by atoms with Crippen LogP contribution in [0.25, 0.3) is 11.3 Å². The maximum atomic E-state index is 5.85. The van der Waals surface area contributed by atoms with Crippen LogP contribution < -0.4 is 4.74 Å². The fourth-order valence-corrected chi connectivity index (χ4v) is 2.84. The molecule has 0 aliphatic heterocycles. The highest BCUT2D eigenvalue weighted by atomic mass is 35.5. The minimum absolute atomic E-state index is 0.161. The number of benzene rings is 1. The lowest BCUT2D eigenvalue weighted by Crippen LogP contribution is -1.89. The summed E-state index contributed by atoms with van der Waals surface area (Å²) in [6, 6.07) is 11.6. The van der Waals surface area contributed by atoms with Crippen molar-refractivity contribution in [3.8, 4) is 22.2 Å². The second-order valence-corrected chi connectivity index (χ2v) is 5.61. The molecule has 0 spiro atoms. The van der Waals surface area contributed by atoms with E-state index in [1.807, 2.05) is 30.3 Å². The van der Waals surface area contributed by atoms with Crippen LogP contribution in [0.3, 0.4) is 0 Å². The van der Waals surface area contributed by atoms with Gasteiger partial charge in [0.05, 0.1) is 5.01 Å². The Labute approximate surface area is 131 Å². The molecule has 0 radical (unpaired) electrons. The number of ether oxygens (including phenoxy) is 1. The standard InChI is InChI=1S/C15H12ClN3OS/c1-2-12-19-13(10-6-4-3-5-7-10)14(21-12)20-11-8-9-17-15(16)18-11/h3-9H,2H2,1H3. The molecule has 0 aliphatic rings. The predicted octanol–water partition coefficient (Wildman–Crippen LogP) is 4.61. The van der Waals surface area contributed by atoms with Gasteiger partial charge < -0.3 is 4.74 Å². The lowest BCUT2D eigenvalue weighted by Gasteiger charge is -2.04. The molecule has 0 amide bonds. The summed E-state index contributed by atoms with van der Waals surface area (Å²) in [6.45, 7) is 2.07. The molecule has 2 aromatic heterocycles. The van der Waals surface area contributed by atoms with Crippen molar-refractivity contribution in [3.05, 3.63) is 52.9 Å². The van der Waals surface area contributed by atoms with Gasteiger partial charge in [0, 0.05) is 17.8 Å². The molecular weight excluding hydrogens is 306 g/mol. The highest BCUT2D eigenvalue weighted by Crippen LogP contribution is 2.38. The van der Waals surface area contributed by atoms with Crippen LogP contribution in [0.1, 0.15) is 11.9 Å². The van der Waals surface area contributed by atoms with Gasteiger partial charge in [-0.25, -0.2) is 9.97 Å². The number of rotatable bonds is 4. The van der Waals surface area contributed by atoms with Crippen LogP contribution in [0.4, 0.5) is 0 Å². The van der Waals surface area contributed by atoms with Crippen molar-refractivity contribution >= 4 is 22.9 Å². The van der Waals surface area contributed by atoms with Gasteiger partial charge in [-0.15, -0.1) is 0 Å². The van der Waals surface area contributed by atoms with Crippen LogP contribution in [0.5, 0.6) is 10.9 Å². The van der Waals surface area contributed by atoms with E-state index in [9.17, 15) is 0 Å². The van der Waals surface area contributed by atoms with Crippen molar-refractivity contribution in [2.45, 2.75) is 13.3 Å². The van der Waals surface area contributed by atoms with E-state index in [2.05, 4.69) is 21.9 Å². The van der Waals surface area contributed by atoms with Crippen molar-refractivity contribution in [1.29, 1.82) is 0 Å². The second kappa shape index (κ2) is 6.20. The minimum atomic E-state index is 0.161. The monoisotopic (exact) mass is 317 g/mol. The van der Waals surface area contributed by atoms with Gasteiger partial charge in [-0.1, -0.05) is 48.6 Å². The first-order valence-corrected chi connectivity index (χ1v) is 7.67. The highest BCUT2D eigenvalue weighted by Gasteiger charge is 2.15. The number of aromatic nitrogens is 3. The molecule has 0 atom stereocenters.